The quantitative estimate of drug-likeness (QED) is 0.831. The highest BCUT2D eigenvalue weighted by molar-refractivity contribution is 5.48. The van der Waals surface area contributed by atoms with Gasteiger partial charge >= 0.3 is 0 Å². The fraction of sp³-hybridized carbons (Fsp3) is 0.250. The number of nitrogens with two attached hydrogens (primary N) is 1. The van der Waals surface area contributed by atoms with E-state index in [1.54, 1.807) is 7.11 Å². The van der Waals surface area contributed by atoms with Gasteiger partial charge in [0.05, 0.1) is 7.11 Å². The Balaban J connectivity index is 1.86. The molecule has 0 aromatic heterocycles. The third-order valence-corrected chi connectivity index (χ3v) is 3.67. The molecule has 2 heteroatoms. The van der Waals surface area contributed by atoms with Crippen LogP contribution >= 0.6 is 0 Å². The van der Waals surface area contributed by atoms with Gasteiger partial charge in [0.1, 0.15) is 5.75 Å². The fourth-order valence-electron chi connectivity index (χ4n) is 2.67. The Kier molecular flexibility index (Phi) is 2.71. The predicted octanol–water partition coefficient (Wildman–Crippen LogP) is 3.55. The summed E-state index contributed by atoms with van der Waals surface area (Å²) in [4.78, 5) is 0. The third-order valence-electron chi connectivity index (χ3n) is 3.67. The van der Waals surface area contributed by atoms with Crippen molar-refractivity contribution in [2.24, 2.45) is 0 Å². The second-order valence-electron chi connectivity index (χ2n) is 4.86. The summed E-state index contributed by atoms with van der Waals surface area (Å²) in [7, 11) is 1.73. The van der Waals surface area contributed by atoms with E-state index in [0.29, 0.717) is 11.8 Å². The van der Waals surface area contributed by atoms with Crippen molar-refractivity contribution in [3.05, 3.63) is 59.7 Å². The molecule has 92 valence electrons. The van der Waals surface area contributed by atoms with E-state index >= 15 is 0 Å². The monoisotopic (exact) mass is 239 g/mol. The molecule has 0 saturated heterocycles. The lowest BCUT2D eigenvalue weighted by Crippen LogP contribution is -1.91. The molecule has 2 atom stereocenters. The predicted molar refractivity (Wildman–Crippen MR) is 73.9 cm³/mol. The van der Waals surface area contributed by atoms with Gasteiger partial charge in [0, 0.05) is 5.69 Å². The van der Waals surface area contributed by atoms with Crippen LogP contribution < -0.4 is 10.5 Å². The SMILES string of the molecule is COc1ccccc1[C@H]1C[C@@H]1c1cccc(N)c1. The highest BCUT2D eigenvalue weighted by Crippen LogP contribution is 2.56. The normalized spacial score (nSPS) is 21.6. The van der Waals surface area contributed by atoms with Crippen LogP contribution in [0.4, 0.5) is 5.69 Å². The minimum atomic E-state index is 0.572. The molecule has 18 heavy (non-hydrogen) atoms. The summed E-state index contributed by atoms with van der Waals surface area (Å²) in [5.41, 5.74) is 9.34. The molecule has 2 aromatic rings. The number of hydrogen-bond acceptors (Lipinski definition) is 2. The Morgan fingerprint density at radius 1 is 1.06 bits per heavy atom. The molecular weight excluding hydrogens is 222 g/mol. The molecule has 0 heterocycles. The molecule has 2 aromatic carbocycles. The first-order chi connectivity index (χ1) is 8.79. The fourth-order valence-corrected chi connectivity index (χ4v) is 2.67. The van der Waals surface area contributed by atoms with Crippen molar-refractivity contribution < 1.29 is 4.74 Å². The van der Waals surface area contributed by atoms with Crippen molar-refractivity contribution in [1.82, 2.24) is 0 Å². The van der Waals surface area contributed by atoms with E-state index in [2.05, 4.69) is 24.3 Å². The smallest absolute Gasteiger partial charge is 0.122 e. The number of rotatable bonds is 3. The van der Waals surface area contributed by atoms with Crippen LogP contribution in [0.25, 0.3) is 0 Å². The van der Waals surface area contributed by atoms with E-state index in [1.807, 2.05) is 24.3 Å². The van der Waals surface area contributed by atoms with Crippen molar-refractivity contribution in [3.63, 3.8) is 0 Å². The highest BCUT2D eigenvalue weighted by Gasteiger charge is 2.40. The van der Waals surface area contributed by atoms with Gasteiger partial charge in [-0.15, -0.1) is 0 Å². The molecule has 1 aliphatic carbocycles. The molecule has 2 N–H and O–H groups in total. The van der Waals surface area contributed by atoms with Gasteiger partial charge in [0.25, 0.3) is 0 Å². The summed E-state index contributed by atoms with van der Waals surface area (Å²) in [6.07, 6.45) is 1.18. The molecule has 0 radical (unpaired) electrons. The van der Waals surface area contributed by atoms with Crippen LogP contribution in [-0.4, -0.2) is 7.11 Å². The number of anilines is 1. The van der Waals surface area contributed by atoms with Gasteiger partial charge in [-0.2, -0.15) is 0 Å². The van der Waals surface area contributed by atoms with Crippen molar-refractivity contribution in [1.29, 1.82) is 0 Å². The highest BCUT2D eigenvalue weighted by atomic mass is 16.5. The zero-order valence-corrected chi connectivity index (χ0v) is 10.5. The molecule has 2 nitrogen and oxygen atoms in total. The lowest BCUT2D eigenvalue weighted by molar-refractivity contribution is 0.409. The summed E-state index contributed by atoms with van der Waals surface area (Å²) in [5, 5.41) is 0. The lowest BCUT2D eigenvalue weighted by Gasteiger charge is -2.08. The van der Waals surface area contributed by atoms with Gasteiger partial charge < -0.3 is 10.5 Å². The molecule has 0 bridgehead atoms. The molecule has 0 aliphatic heterocycles. The van der Waals surface area contributed by atoms with Crippen LogP contribution in [0.2, 0.25) is 0 Å². The van der Waals surface area contributed by atoms with Gasteiger partial charge in [-0.3, -0.25) is 0 Å². The van der Waals surface area contributed by atoms with Crippen molar-refractivity contribution >= 4 is 5.69 Å². The van der Waals surface area contributed by atoms with Gasteiger partial charge in [-0.05, 0) is 47.6 Å². The van der Waals surface area contributed by atoms with Crippen molar-refractivity contribution in [2.45, 2.75) is 18.3 Å². The second-order valence-corrected chi connectivity index (χ2v) is 4.86. The van der Waals surface area contributed by atoms with E-state index in [1.165, 1.54) is 17.5 Å². The molecule has 1 aliphatic rings. The Bertz CT molecular complexity index is 565. The Morgan fingerprint density at radius 2 is 1.89 bits per heavy atom. The standard InChI is InChI=1S/C16H17NO/c1-18-16-8-3-2-7-13(16)15-10-14(15)11-5-4-6-12(17)9-11/h2-9,14-15H,10,17H2,1H3/t14-,15-/m1/s1. The topological polar surface area (TPSA) is 35.2 Å². The molecule has 1 fully saturated rings. The summed E-state index contributed by atoms with van der Waals surface area (Å²) in [6.45, 7) is 0. The Morgan fingerprint density at radius 3 is 2.67 bits per heavy atom. The zero-order chi connectivity index (χ0) is 12.5. The van der Waals surface area contributed by atoms with E-state index < -0.39 is 0 Å². The van der Waals surface area contributed by atoms with Crippen molar-refractivity contribution in [3.8, 4) is 5.75 Å². The number of hydrogen-bond donors (Lipinski definition) is 1. The van der Waals surface area contributed by atoms with E-state index in [9.17, 15) is 0 Å². The molecule has 0 unspecified atom stereocenters. The summed E-state index contributed by atoms with van der Waals surface area (Å²) in [5.74, 6) is 2.15. The third kappa shape index (κ3) is 1.94. The van der Waals surface area contributed by atoms with Crippen LogP contribution in [0.5, 0.6) is 5.75 Å². The van der Waals surface area contributed by atoms with E-state index in [4.69, 9.17) is 10.5 Å². The average molecular weight is 239 g/mol. The van der Waals surface area contributed by atoms with Crippen LogP contribution in [-0.2, 0) is 0 Å². The maximum absolute atomic E-state index is 5.84. The molecule has 0 spiro atoms. The Hall–Kier alpha value is -1.96. The Labute approximate surface area is 107 Å². The molecular formula is C16H17NO. The van der Waals surface area contributed by atoms with E-state index in [0.717, 1.165) is 11.4 Å². The van der Waals surface area contributed by atoms with Gasteiger partial charge in [-0.1, -0.05) is 30.3 Å². The average Bonchev–Trinajstić information content (AvgIpc) is 3.19. The number of benzene rings is 2. The minimum absolute atomic E-state index is 0.572. The largest absolute Gasteiger partial charge is 0.496 e. The summed E-state index contributed by atoms with van der Waals surface area (Å²) < 4.78 is 5.43. The van der Waals surface area contributed by atoms with Crippen LogP contribution in [0.15, 0.2) is 48.5 Å². The maximum Gasteiger partial charge on any atom is 0.122 e. The first-order valence-corrected chi connectivity index (χ1v) is 6.28. The first kappa shape index (κ1) is 11.1. The van der Waals surface area contributed by atoms with Crippen LogP contribution in [0.1, 0.15) is 29.4 Å². The first-order valence-electron chi connectivity index (χ1n) is 6.28. The second kappa shape index (κ2) is 4.37. The molecule has 1 saturated carbocycles. The van der Waals surface area contributed by atoms with Gasteiger partial charge in [0.2, 0.25) is 0 Å². The minimum Gasteiger partial charge on any atom is -0.496 e. The van der Waals surface area contributed by atoms with Gasteiger partial charge in [-0.25, -0.2) is 0 Å². The number of methoxy groups -OCH3 is 1. The van der Waals surface area contributed by atoms with Crippen LogP contribution in [0.3, 0.4) is 0 Å². The van der Waals surface area contributed by atoms with E-state index in [-0.39, 0.29) is 0 Å². The number of para-hydroxylation sites is 1. The molecule has 0 amide bonds. The summed E-state index contributed by atoms with van der Waals surface area (Å²) in [6, 6.07) is 16.5. The molecule has 3 rings (SSSR count). The lowest BCUT2D eigenvalue weighted by atomic mass is 10.0. The van der Waals surface area contributed by atoms with Crippen LogP contribution in [0, 0.1) is 0 Å². The maximum atomic E-state index is 5.84. The van der Waals surface area contributed by atoms with Crippen molar-refractivity contribution in [2.75, 3.05) is 12.8 Å². The van der Waals surface area contributed by atoms with Gasteiger partial charge in [0.15, 0.2) is 0 Å². The summed E-state index contributed by atoms with van der Waals surface area (Å²) >= 11 is 0. The zero-order valence-electron chi connectivity index (χ0n) is 10.5. The number of nitrogen functional groups attached to an aromatic ring is 1. The number of ether oxygens (including phenoxy) is 1.